The van der Waals surface area contributed by atoms with Gasteiger partial charge in [0.1, 0.15) is 0 Å². The highest BCUT2D eigenvalue weighted by molar-refractivity contribution is 5.77. The van der Waals surface area contributed by atoms with Gasteiger partial charge in [0.05, 0.1) is 13.2 Å². The molecule has 1 unspecified atom stereocenters. The minimum Gasteiger partial charge on any atom is -0.481 e. The maximum absolute atomic E-state index is 11.7. The van der Waals surface area contributed by atoms with Crippen molar-refractivity contribution in [2.45, 2.75) is 19.8 Å². The van der Waals surface area contributed by atoms with Crippen molar-refractivity contribution in [3.8, 4) is 0 Å². The fourth-order valence-electron chi connectivity index (χ4n) is 1.61. The summed E-state index contributed by atoms with van der Waals surface area (Å²) in [5, 5.41) is 8.56. The fourth-order valence-corrected chi connectivity index (χ4v) is 1.61. The first-order valence-electron chi connectivity index (χ1n) is 5.17. The van der Waals surface area contributed by atoms with Crippen molar-refractivity contribution in [2.75, 3.05) is 26.3 Å². The van der Waals surface area contributed by atoms with Crippen molar-refractivity contribution in [2.24, 2.45) is 5.92 Å². The summed E-state index contributed by atoms with van der Waals surface area (Å²) in [6, 6.07) is 0. The van der Waals surface area contributed by atoms with E-state index in [2.05, 4.69) is 0 Å². The molecule has 5 nitrogen and oxygen atoms in total. The molecule has 1 aliphatic rings. The number of aliphatic carboxylic acids is 1. The maximum atomic E-state index is 11.7. The van der Waals surface area contributed by atoms with Crippen LogP contribution in [0.5, 0.6) is 0 Å². The Balaban J connectivity index is 2.30. The van der Waals surface area contributed by atoms with Gasteiger partial charge >= 0.3 is 5.97 Å². The van der Waals surface area contributed by atoms with Gasteiger partial charge in [-0.2, -0.15) is 0 Å². The van der Waals surface area contributed by atoms with Crippen LogP contribution in [0.1, 0.15) is 19.8 Å². The number of carboxylic acid groups (broad SMARTS) is 1. The lowest BCUT2D eigenvalue weighted by molar-refractivity contribution is -0.139. The van der Waals surface area contributed by atoms with Gasteiger partial charge in [-0.3, -0.25) is 9.59 Å². The third-order valence-corrected chi connectivity index (χ3v) is 2.41. The normalized spacial score (nSPS) is 18.6. The summed E-state index contributed by atoms with van der Waals surface area (Å²) in [6.07, 6.45) is 0.363. The van der Waals surface area contributed by atoms with E-state index in [4.69, 9.17) is 9.84 Å². The number of amides is 1. The molecule has 0 aromatic rings. The molecule has 0 aromatic carbocycles. The van der Waals surface area contributed by atoms with E-state index in [9.17, 15) is 9.59 Å². The molecule has 86 valence electrons. The van der Waals surface area contributed by atoms with Crippen LogP contribution in [0.15, 0.2) is 0 Å². The second-order valence-corrected chi connectivity index (χ2v) is 3.90. The molecule has 0 aliphatic carbocycles. The number of carboxylic acids is 1. The number of hydrogen-bond acceptors (Lipinski definition) is 3. The number of morpholine rings is 1. The summed E-state index contributed by atoms with van der Waals surface area (Å²) >= 11 is 0. The standard InChI is InChI=1S/C10H17NO4/c1-8(7-10(13)14)6-9(12)11-2-4-15-5-3-11/h8H,2-7H2,1H3,(H,13,14). The molecule has 0 spiro atoms. The van der Waals surface area contributed by atoms with Crippen LogP contribution in [0.2, 0.25) is 0 Å². The number of carbonyl (C=O) groups is 2. The second-order valence-electron chi connectivity index (χ2n) is 3.90. The van der Waals surface area contributed by atoms with Crippen LogP contribution in [0.25, 0.3) is 0 Å². The lowest BCUT2D eigenvalue weighted by Crippen LogP contribution is -2.41. The molecule has 0 bridgehead atoms. The predicted molar refractivity (Wildman–Crippen MR) is 53.4 cm³/mol. The number of rotatable bonds is 4. The number of hydrogen-bond donors (Lipinski definition) is 1. The molecule has 0 aromatic heterocycles. The highest BCUT2D eigenvalue weighted by Crippen LogP contribution is 2.10. The van der Waals surface area contributed by atoms with Crippen molar-refractivity contribution in [1.29, 1.82) is 0 Å². The Bertz CT molecular complexity index is 236. The summed E-state index contributed by atoms with van der Waals surface area (Å²) in [5.74, 6) is -0.915. The molecule has 1 heterocycles. The van der Waals surface area contributed by atoms with Gasteiger partial charge in [0.2, 0.25) is 5.91 Å². The Hall–Kier alpha value is -1.10. The fraction of sp³-hybridized carbons (Fsp3) is 0.800. The summed E-state index contributed by atoms with van der Waals surface area (Å²) in [6.45, 7) is 4.20. The maximum Gasteiger partial charge on any atom is 0.303 e. The minimum atomic E-state index is -0.850. The van der Waals surface area contributed by atoms with Crippen LogP contribution >= 0.6 is 0 Å². The first-order chi connectivity index (χ1) is 7.09. The SMILES string of the molecule is CC(CC(=O)O)CC(=O)N1CCOCC1. The van der Waals surface area contributed by atoms with Crippen molar-refractivity contribution < 1.29 is 19.4 Å². The van der Waals surface area contributed by atoms with Crippen LogP contribution in [0, 0.1) is 5.92 Å². The Morgan fingerprint density at radius 3 is 2.47 bits per heavy atom. The van der Waals surface area contributed by atoms with Gasteiger partial charge in [0, 0.05) is 25.9 Å². The molecule has 1 fully saturated rings. The van der Waals surface area contributed by atoms with Crippen LogP contribution in [0.4, 0.5) is 0 Å². The Kier molecular flexibility index (Phi) is 4.55. The van der Waals surface area contributed by atoms with E-state index in [0.717, 1.165) is 0 Å². The second kappa shape index (κ2) is 5.70. The van der Waals surface area contributed by atoms with Gasteiger partial charge in [-0.05, 0) is 5.92 Å². The van der Waals surface area contributed by atoms with E-state index in [1.54, 1.807) is 11.8 Å². The number of carbonyl (C=O) groups excluding carboxylic acids is 1. The van der Waals surface area contributed by atoms with Gasteiger partial charge in [0.15, 0.2) is 0 Å². The minimum absolute atomic E-state index is 0.0343. The predicted octanol–water partition coefficient (Wildman–Crippen LogP) is 0.346. The van der Waals surface area contributed by atoms with E-state index >= 15 is 0 Å². The summed E-state index contributed by atoms with van der Waals surface area (Å²) < 4.78 is 5.13. The van der Waals surface area contributed by atoms with Gasteiger partial charge in [-0.15, -0.1) is 0 Å². The summed E-state index contributed by atoms with van der Waals surface area (Å²) in [5.41, 5.74) is 0. The third-order valence-electron chi connectivity index (χ3n) is 2.41. The smallest absolute Gasteiger partial charge is 0.303 e. The number of ether oxygens (including phenoxy) is 1. The van der Waals surface area contributed by atoms with E-state index in [-0.39, 0.29) is 18.2 Å². The van der Waals surface area contributed by atoms with Crippen LogP contribution in [-0.4, -0.2) is 48.2 Å². The molecule has 5 heteroatoms. The van der Waals surface area contributed by atoms with Gasteiger partial charge in [-0.1, -0.05) is 6.92 Å². The largest absolute Gasteiger partial charge is 0.481 e. The molecular weight excluding hydrogens is 198 g/mol. The zero-order valence-electron chi connectivity index (χ0n) is 8.94. The monoisotopic (exact) mass is 215 g/mol. The zero-order chi connectivity index (χ0) is 11.3. The average molecular weight is 215 g/mol. The van der Waals surface area contributed by atoms with Crippen molar-refractivity contribution >= 4 is 11.9 Å². The quantitative estimate of drug-likeness (QED) is 0.734. The lowest BCUT2D eigenvalue weighted by Gasteiger charge is -2.27. The van der Waals surface area contributed by atoms with Gasteiger partial charge < -0.3 is 14.7 Å². The van der Waals surface area contributed by atoms with Crippen molar-refractivity contribution in [3.63, 3.8) is 0 Å². The molecule has 1 rings (SSSR count). The van der Waals surface area contributed by atoms with Crippen molar-refractivity contribution in [3.05, 3.63) is 0 Å². The van der Waals surface area contributed by atoms with Gasteiger partial charge in [-0.25, -0.2) is 0 Å². The van der Waals surface area contributed by atoms with E-state index < -0.39 is 5.97 Å². The van der Waals surface area contributed by atoms with Crippen LogP contribution in [0.3, 0.4) is 0 Å². The molecule has 1 saturated heterocycles. The van der Waals surface area contributed by atoms with Crippen LogP contribution in [-0.2, 0) is 14.3 Å². The number of nitrogens with zero attached hydrogens (tertiary/aromatic N) is 1. The Morgan fingerprint density at radius 2 is 1.93 bits per heavy atom. The topological polar surface area (TPSA) is 66.8 Å². The van der Waals surface area contributed by atoms with E-state index in [0.29, 0.717) is 32.7 Å². The first-order valence-corrected chi connectivity index (χ1v) is 5.17. The summed E-state index contributed by atoms with van der Waals surface area (Å²) in [4.78, 5) is 23.8. The van der Waals surface area contributed by atoms with Crippen molar-refractivity contribution in [1.82, 2.24) is 4.90 Å². The average Bonchev–Trinajstić information content (AvgIpc) is 2.17. The van der Waals surface area contributed by atoms with E-state index in [1.165, 1.54) is 0 Å². The molecule has 0 saturated carbocycles. The van der Waals surface area contributed by atoms with Crippen LogP contribution < -0.4 is 0 Å². The lowest BCUT2D eigenvalue weighted by atomic mass is 10.0. The third kappa shape index (κ3) is 4.29. The molecule has 15 heavy (non-hydrogen) atoms. The van der Waals surface area contributed by atoms with Gasteiger partial charge in [0.25, 0.3) is 0 Å². The molecule has 1 N–H and O–H groups in total. The molecule has 1 atom stereocenters. The molecule has 0 radical (unpaired) electrons. The highest BCUT2D eigenvalue weighted by atomic mass is 16.5. The summed E-state index contributed by atoms with van der Waals surface area (Å²) in [7, 11) is 0. The Labute approximate surface area is 89.0 Å². The van der Waals surface area contributed by atoms with E-state index in [1.807, 2.05) is 0 Å². The molecular formula is C10H17NO4. The molecule has 1 amide bonds. The molecule has 1 aliphatic heterocycles. The zero-order valence-corrected chi connectivity index (χ0v) is 8.94. The Morgan fingerprint density at radius 1 is 1.33 bits per heavy atom. The first kappa shape index (κ1) is 12.0. The highest BCUT2D eigenvalue weighted by Gasteiger charge is 2.19.